The van der Waals surface area contributed by atoms with Gasteiger partial charge >= 0.3 is 0 Å². The van der Waals surface area contributed by atoms with Crippen molar-refractivity contribution >= 4 is 34.2 Å². The second-order valence-corrected chi connectivity index (χ2v) is 5.19. The van der Waals surface area contributed by atoms with Crippen LogP contribution in [-0.2, 0) is 5.54 Å². The van der Waals surface area contributed by atoms with E-state index in [0.29, 0.717) is 10.0 Å². The number of nitrogens with two attached hydrogens (primary N) is 1. The summed E-state index contributed by atoms with van der Waals surface area (Å²) >= 11 is 11.9. The quantitative estimate of drug-likeness (QED) is 0.823. The SMILES string of the molecule is NC1(c2nc3cc(Cl)c(Cl)cc3[nH]2)CCC1. The summed E-state index contributed by atoms with van der Waals surface area (Å²) in [6.45, 7) is 0. The molecule has 1 aromatic heterocycles. The molecule has 0 saturated heterocycles. The number of hydrogen-bond acceptors (Lipinski definition) is 2. The van der Waals surface area contributed by atoms with Gasteiger partial charge in [-0.25, -0.2) is 4.98 Å². The van der Waals surface area contributed by atoms with Crippen LogP contribution in [-0.4, -0.2) is 9.97 Å². The van der Waals surface area contributed by atoms with Crippen LogP contribution < -0.4 is 5.73 Å². The molecule has 2 aromatic rings. The summed E-state index contributed by atoms with van der Waals surface area (Å²) in [6.07, 6.45) is 3.12. The fourth-order valence-corrected chi connectivity index (χ4v) is 2.36. The molecule has 0 unspecified atom stereocenters. The number of benzene rings is 1. The van der Waals surface area contributed by atoms with Gasteiger partial charge in [0.2, 0.25) is 0 Å². The van der Waals surface area contributed by atoms with E-state index in [2.05, 4.69) is 9.97 Å². The average molecular weight is 256 g/mol. The fourth-order valence-electron chi connectivity index (χ4n) is 2.04. The highest BCUT2D eigenvalue weighted by Crippen LogP contribution is 2.38. The zero-order valence-electron chi connectivity index (χ0n) is 8.56. The molecule has 0 spiro atoms. The smallest absolute Gasteiger partial charge is 0.127 e. The molecule has 1 aliphatic rings. The van der Waals surface area contributed by atoms with Gasteiger partial charge in [0.15, 0.2) is 0 Å². The van der Waals surface area contributed by atoms with E-state index in [-0.39, 0.29) is 5.54 Å². The van der Waals surface area contributed by atoms with Crippen molar-refractivity contribution in [1.29, 1.82) is 0 Å². The van der Waals surface area contributed by atoms with Gasteiger partial charge in [0.05, 0.1) is 26.6 Å². The number of imidazole rings is 1. The monoisotopic (exact) mass is 255 g/mol. The van der Waals surface area contributed by atoms with Gasteiger partial charge < -0.3 is 10.7 Å². The van der Waals surface area contributed by atoms with Crippen LogP contribution in [0.2, 0.25) is 10.0 Å². The van der Waals surface area contributed by atoms with E-state index in [9.17, 15) is 0 Å². The van der Waals surface area contributed by atoms with Crippen molar-refractivity contribution < 1.29 is 0 Å². The van der Waals surface area contributed by atoms with Gasteiger partial charge in [-0.3, -0.25) is 0 Å². The summed E-state index contributed by atoms with van der Waals surface area (Å²) < 4.78 is 0. The van der Waals surface area contributed by atoms with Crippen molar-refractivity contribution in [3.63, 3.8) is 0 Å². The Bertz CT molecular complexity index is 519. The van der Waals surface area contributed by atoms with Gasteiger partial charge in [-0.15, -0.1) is 0 Å². The second kappa shape index (κ2) is 3.36. The molecule has 0 bridgehead atoms. The third-order valence-electron chi connectivity index (χ3n) is 3.24. The number of hydrogen-bond donors (Lipinski definition) is 2. The summed E-state index contributed by atoms with van der Waals surface area (Å²) in [4.78, 5) is 7.71. The van der Waals surface area contributed by atoms with Crippen molar-refractivity contribution in [3.8, 4) is 0 Å². The number of aromatic amines is 1. The lowest BCUT2D eigenvalue weighted by Crippen LogP contribution is -2.44. The normalized spacial score (nSPS) is 18.7. The maximum atomic E-state index is 6.20. The first-order valence-corrected chi connectivity index (χ1v) is 5.98. The van der Waals surface area contributed by atoms with Gasteiger partial charge in [0.1, 0.15) is 5.82 Å². The predicted molar refractivity (Wildman–Crippen MR) is 65.8 cm³/mol. The number of fused-ring (bicyclic) bond motifs is 1. The topological polar surface area (TPSA) is 54.7 Å². The van der Waals surface area contributed by atoms with Crippen LogP contribution >= 0.6 is 23.2 Å². The highest BCUT2D eigenvalue weighted by atomic mass is 35.5. The minimum Gasteiger partial charge on any atom is -0.340 e. The second-order valence-electron chi connectivity index (χ2n) is 4.38. The van der Waals surface area contributed by atoms with Crippen LogP contribution in [0.5, 0.6) is 0 Å². The Morgan fingerprint density at radius 2 is 1.94 bits per heavy atom. The van der Waals surface area contributed by atoms with Gasteiger partial charge in [-0.1, -0.05) is 23.2 Å². The third kappa shape index (κ3) is 1.43. The van der Waals surface area contributed by atoms with Crippen molar-refractivity contribution in [2.45, 2.75) is 24.8 Å². The Labute approximate surface area is 103 Å². The van der Waals surface area contributed by atoms with E-state index in [1.54, 1.807) is 12.1 Å². The lowest BCUT2D eigenvalue weighted by atomic mass is 9.77. The van der Waals surface area contributed by atoms with Gasteiger partial charge in [-0.05, 0) is 31.4 Å². The van der Waals surface area contributed by atoms with E-state index >= 15 is 0 Å². The summed E-state index contributed by atoms with van der Waals surface area (Å²) in [5.74, 6) is 0.840. The van der Waals surface area contributed by atoms with Crippen LogP contribution in [0.3, 0.4) is 0 Å². The molecule has 0 amide bonds. The Morgan fingerprint density at radius 3 is 2.56 bits per heavy atom. The number of aromatic nitrogens is 2. The standard InChI is InChI=1S/C11H11Cl2N3/c12-6-4-8-9(5-7(6)13)16-10(15-8)11(14)2-1-3-11/h4-5H,1-3,14H2,(H,15,16). The van der Waals surface area contributed by atoms with Crippen molar-refractivity contribution in [1.82, 2.24) is 9.97 Å². The van der Waals surface area contributed by atoms with E-state index in [0.717, 1.165) is 36.1 Å². The van der Waals surface area contributed by atoms with Crippen LogP contribution in [0.15, 0.2) is 12.1 Å². The molecule has 3 N–H and O–H groups in total. The molecule has 0 aliphatic heterocycles. The highest BCUT2D eigenvalue weighted by Gasteiger charge is 2.37. The zero-order valence-corrected chi connectivity index (χ0v) is 10.1. The fraction of sp³-hybridized carbons (Fsp3) is 0.364. The molecule has 3 rings (SSSR count). The van der Waals surface area contributed by atoms with Crippen molar-refractivity contribution in [3.05, 3.63) is 28.0 Å². The molecule has 0 radical (unpaired) electrons. The molecule has 3 nitrogen and oxygen atoms in total. The van der Waals surface area contributed by atoms with E-state index in [4.69, 9.17) is 28.9 Å². The van der Waals surface area contributed by atoms with E-state index in [1.165, 1.54) is 0 Å². The third-order valence-corrected chi connectivity index (χ3v) is 3.96. The Morgan fingerprint density at radius 1 is 1.25 bits per heavy atom. The first kappa shape index (κ1) is 10.4. The number of rotatable bonds is 1. The average Bonchev–Trinajstić information content (AvgIpc) is 2.58. The Kier molecular flexibility index (Phi) is 2.18. The molecular formula is C11H11Cl2N3. The summed E-state index contributed by atoms with van der Waals surface area (Å²) in [5, 5.41) is 1.05. The molecule has 0 atom stereocenters. The lowest BCUT2D eigenvalue weighted by molar-refractivity contribution is 0.240. The summed E-state index contributed by atoms with van der Waals surface area (Å²) in [7, 11) is 0. The molecule has 1 aliphatic carbocycles. The molecule has 1 fully saturated rings. The maximum absolute atomic E-state index is 6.20. The first-order valence-electron chi connectivity index (χ1n) is 5.23. The first-order chi connectivity index (χ1) is 7.58. The lowest BCUT2D eigenvalue weighted by Gasteiger charge is -2.35. The molecule has 84 valence electrons. The summed E-state index contributed by atoms with van der Waals surface area (Å²) in [5.41, 5.74) is 7.63. The molecule has 1 saturated carbocycles. The molecule has 16 heavy (non-hydrogen) atoms. The number of nitrogens with one attached hydrogen (secondary N) is 1. The zero-order chi connectivity index (χ0) is 11.3. The molecule has 1 heterocycles. The molecule has 1 aromatic carbocycles. The Hall–Kier alpha value is -0.770. The number of halogens is 2. The number of nitrogens with zero attached hydrogens (tertiary/aromatic N) is 1. The van der Waals surface area contributed by atoms with Crippen molar-refractivity contribution in [2.24, 2.45) is 5.73 Å². The van der Waals surface area contributed by atoms with E-state index < -0.39 is 0 Å². The van der Waals surface area contributed by atoms with Gasteiger partial charge in [0, 0.05) is 0 Å². The van der Waals surface area contributed by atoms with Crippen molar-refractivity contribution in [2.75, 3.05) is 0 Å². The minimum atomic E-state index is -0.280. The van der Waals surface area contributed by atoms with Crippen LogP contribution in [0, 0.1) is 0 Å². The predicted octanol–water partition coefficient (Wildman–Crippen LogP) is 3.21. The molecular weight excluding hydrogens is 245 g/mol. The van der Waals surface area contributed by atoms with E-state index in [1.807, 2.05) is 0 Å². The largest absolute Gasteiger partial charge is 0.340 e. The van der Waals surface area contributed by atoms with Gasteiger partial charge in [0.25, 0.3) is 0 Å². The highest BCUT2D eigenvalue weighted by molar-refractivity contribution is 6.42. The van der Waals surface area contributed by atoms with Crippen LogP contribution in [0.25, 0.3) is 11.0 Å². The molecule has 5 heteroatoms. The maximum Gasteiger partial charge on any atom is 0.127 e. The number of H-pyrrole nitrogens is 1. The summed E-state index contributed by atoms with van der Waals surface area (Å²) in [6, 6.07) is 3.55. The Balaban J connectivity index is 2.16. The van der Waals surface area contributed by atoms with Gasteiger partial charge in [-0.2, -0.15) is 0 Å². The minimum absolute atomic E-state index is 0.280. The van der Waals surface area contributed by atoms with Crippen LogP contribution in [0.1, 0.15) is 25.1 Å². The van der Waals surface area contributed by atoms with Crippen LogP contribution in [0.4, 0.5) is 0 Å².